The number of carbonyl (C=O) groups excluding carboxylic acids is 2. The van der Waals surface area contributed by atoms with Gasteiger partial charge in [-0.25, -0.2) is 4.98 Å². The number of ketones is 1. The third-order valence-corrected chi connectivity index (χ3v) is 4.64. The van der Waals surface area contributed by atoms with Crippen molar-refractivity contribution in [3.63, 3.8) is 0 Å². The Morgan fingerprint density at radius 3 is 2.52 bits per heavy atom. The zero-order chi connectivity index (χ0) is 19.4. The second-order valence-electron chi connectivity index (χ2n) is 7.83. The summed E-state index contributed by atoms with van der Waals surface area (Å²) in [5, 5.41) is 0. The van der Waals surface area contributed by atoms with Crippen molar-refractivity contribution in [3.8, 4) is 0 Å². The normalized spacial score (nSPS) is 15.4. The molecule has 0 saturated carbocycles. The van der Waals surface area contributed by atoms with Gasteiger partial charge in [0, 0.05) is 49.6 Å². The van der Waals surface area contributed by atoms with Crippen LogP contribution in [0.25, 0.3) is 0 Å². The van der Waals surface area contributed by atoms with Crippen LogP contribution in [0.5, 0.6) is 0 Å². The number of rotatable bonds is 3. The molecule has 3 rings (SSSR count). The molecule has 0 unspecified atom stereocenters. The lowest BCUT2D eigenvalue weighted by atomic mass is 9.94. The molecule has 0 atom stereocenters. The maximum Gasteiger partial charge on any atom is 0.228 e. The predicted octanol–water partition coefficient (Wildman–Crippen LogP) is 2.79. The summed E-state index contributed by atoms with van der Waals surface area (Å²) in [5.74, 6) is 0.817. The standard InChI is InChI=1S/C21H26N4O2/c1-21(2,3)20(27)25-12-6-11-24(13-14-25)18-9-4-8-17(23-18)19(26)16-7-5-10-22-15-16/h4-5,7-10,15H,6,11-14H2,1-3H3. The summed E-state index contributed by atoms with van der Waals surface area (Å²) in [6.45, 7) is 8.79. The highest BCUT2D eigenvalue weighted by Gasteiger charge is 2.28. The molecule has 3 heterocycles. The summed E-state index contributed by atoms with van der Waals surface area (Å²) < 4.78 is 0. The molecule has 1 amide bonds. The summed E-state index contributed by atoms with van der Waals surface area (Å²) >= 11 is 0. The van der Waals surface area contributed by atoms with Gasteiger partial charge in [0.25, 0.3) is 0 Å². The van der Waals surface area contributed by atoms with Gasteiger partial charge in [0.2, 0.25) is 11.7 Å². The van der Waals surface area contributed by atoms with Crippen LogP contribution in [0.3, 0.4) is 0 Å². The van der Waals surface area contributed by atoms with E-state index in [4.69, 9.17) is 0 Å². The minimum atomic E-state index is -0.372. The Morgan fingerprint density at radius 1 is 1.00 bits per heavy atom. The number of carbonyl (C=O) groups is 2. The van der Waals surface area contributed by atoms with Crippen molar-refractivity contribution in [1.29, 1.82) is 0 Å². The van der Waals surface area contributed by atoms with E-state index in [1.807, 2.05) is 37.8 Å². The van der Waals surface area contributed by atoms with Gasteiger partial charge in [-0.2, -0.15) is 0 Å². The van der Waals surface area contributed by atoms with Crippen molar-refractivity contribution in [2.24, 2.45) is 5.41 Å². The smallest absolute Gasteiger partial charge is 0.228 e. The van der Waals surface area contributed by atoms with Crippen LogP contribution in [0.4, 0.5) is 5.82 Å². The molecule has 1 aliphatic heterocycles. The minimum absolute atomic E-state index is 0.135. The first kappa shape index (κ1) is 19.0. The molecule has 0 aromatic carbocycles. The molecule has 27 heavy (non-hydrogen) atoms. The van der Waals surface area contributed by atoms with Crippen LogP contribution in [-0.4, -0.2) is 52.7 Å². The summed E-state index contributed by atoms with van der Waals surface area (Å²) in [6, 6.07) is 8.99. The highest BCUT2D eigenvalue weighted by molar-refractivity contribution is 6.07. The van der Waals surface area contributed by atoms with Gasteiger partial charge < -0.3 is 9.80 Å². The number of amides is 1. The molecule has 0 bridgehead atoms. The number of pyridine rings is 2. The zero-order valence-electron chi connectivity index (χ0n) is 16.2. The first-order chi connectivity index (χ1) is 12.9. The average molecular weight is 366 g/mol. The van der Waals surface area contributed by atoms with E-state index in [9.17, 15) is 9.59 Å². The Hall–Kier alpha value is -2.76. The fourth-order valence-electron chi connectivity index (χ4n) is 3.19. The molecule has 2 aromatic rings. The molecule has 6 nitrogen and oxygen atoms in total. The lowest BCUT2D eigenvalue weighted by Crippen LogP contribution is -2.41. The number of aromatic nitrogens is 2. The molecular weight excluding hydrogens is 340 g/mol. The van der Waals surface area contributed by atoms with Gasteiger partial charge >= 0.3 is 0 Å². The van der Waals surface area contributed by atoms with Crippen LogP contribution in [0, 0.1) is 5.41 Å². The van der Waals surface area contributed by atoms with E-state index in [0.29, 0.717) is 24.3 Å². The molecule has 1 fully saturated rings. The first-order valence-corrected chi connectivity index (χ1v) is 9.32. The van der Waals surface area contributed by atoms with Gasteiger partial charge in [0.1, 0.15) is 11.5 Å². The Labute approximate surface area is 160 Å². The fourth-order valence-corrected chi connectivity index (χ4v) is 3.19. The third kappa shape index (κ3) is 4.51. The Morgan fingerprint density at radius 2 is 1.81 bits per heavy atom. The predicted molar refractivity (Wildman–Crippen MR) is 105 cm³/mol. The number of nitrogens with zero attached hydrogens (tertiary/aromatic N) is 4. The summed E-state index contributed by atoms with van der Waals surface area (Å²) in [7, 11) is 0. The quantitative estimate of drug-likeness (QED) is 0.782. The van der Waals surface area contributed by atoms with Gasteiger partial charge in [-0.05, 0) is 30.7 Å². The molecule has 0 aliphatic carbocycles. The molecule has 142 valence electrons. The van der Waals surface area contributed by atoms with Crippen molar-refractivity contribution in [2.45, 2.75) is 27.2 Å². The molecule has 0 radical (unpaired) electrons. The maximum absolute atomic E-state index is 12.6. The molecule has 1 saturated heterocycles. The van der Waals surface area contributed by atoms with E-state index in [2.05, 4.69) is 14.9 Å². The van der Waals surface area contributed by atoms with Crippen LogP contribution in [0.15, 0.2) is 42.7 Å². The summed E-state index contributed by atoms with van der Waals surface area (Å²) in [5.41, 5.74) is 0.566. The van der Waals surface area contributed by atoms with E-state index in [0.717, 1.165) is 25.3 Å². The second-order valence-corrected chi connectivity index (χ2v) is 7.83. The number of hydrogen-bond donors (Lipinski definition) is 0. The van der Waals surface area contributed by atoms with Crippen molar-refractivity contribution in [2.75, 3.05) is 31.1 Å². The molecule has 0 spiro atoms. The highest BCUT2D eigenvalue weighted by Crippen LogP contribution is 2.21. The lowest BCUT2D eigenvalue weighted by Gasteiger charge is -2.28. The molecular formula is C21H26N4O2. The van der Waals surface area contributed by atoms with Gasteiger partial charge in [-0.15, -0.1) is 0 Å². The van der Waals surface area contributed by atoms with Gasteiger partial charge in [-0.1, -0.05) is 26.8 Å². The van der Waals surface area contributed by atoms with E-state index in [1.54, 1.807) is 30.6 Å². The van der Waals surface area contributed by atoms with Crippen molar-refractivity contribution in [1.82, 2.24) is 14.9 Å². The third-order valence-electron chi connectivity index (χ3n) is 4.64. The van der Waals surface area contributed by atoms with Crippen LogP contribution in [0.1, 0.15) is 43.2 Å². The van der Waals surface area contributed by atoms with Crippen molar-refractivity contribution in [3.05, 3.63) is 54.0 Å². The zero-order valence-corrected chi connectivity index (χ0v) is 16.2. The number of anilines is 1. The van der Waals surface area contributed by atoms with E-state index < -0.39 is 0 Å². The molecule has 6 heteroatoms. The maximum atomic E-state index is 12.6. The Kier molecular flexibility index (Phi) is 5.54. The summed E-state index contributed by atoms with van der Waals surface area (Å²) in [6.07, 6.45) is 4.07. The minimum Gasteiger partial charge on any atom is -0.355 e. The fraction of sp³-hybridized carbons (Fsp3) is 0.429. The van der Waals surface area contributed by atoms with Crippen LogP contribution in [0.2, 0.25) is 0 Å². The van der Waals surface area contributed by atoms with Crippen molar-refractivity contribution < 1.29 is 9.59 Å². The molecule has 1 aliphatic rings. The van der Waals surface area contributed by atoms with Crippen molar-refractivity contribution >= 4 is 17.5 Å². The monoisotopic (exact) mass is 366 g/mol. The van der Waals surface area contributed by atoms with Gasteiger partial charge in [-0.3, -0.25) is 14.6 Å². The van der Waals surface area contributed by atoms with Gasteiger partial charge in [0.15, 0.2) is 0 Å². The Balaban J connectivity index is 1.74. The lowest BCUT2D eigenvalue weighted by molar-refractivity contribution is -0.139. The van der Waals surface area contributed by atoms with Crippen LogP contribution in [-0.2, 0) is 4.79 Å². The first-order valence-electron chi connectivity index (χ1n) is 9.32. The molecule has 0 N–H and O–H groups in total. The largest absolute Gasteiger partial charge is 0.355 e. The van der Waals surface area contributed by atoms with Crippen LogP contribution >= 0.6 is 0 Å². The average Bonchev–Trinajstić information content (AvgIpc) is 2.93. The second kappa shape index (κ2) is 7.86. The SMILES string of the molecule is CC(C)(C)C(=O)N1CCCN(c2cccc(C(=O)c3cccnc3)n2)CC1. The van der Waals surface area contributed by atoms with Gasteiger partial charge in [0.05, 0.1) is 0 Å². The van der Waals surface area contributed by atoms with Crippen LogP contribution < -0.4 is 4.90 Å². The topological polar surface area (TPSA) is 66.4 Å². The highest BCUT2D eigenvalue weighted by atomic mass is 16.2. The summed E-state index contributed by atoms with van der Waals surface area (Å²) in [4.78, 5) is 37.9. The van der Waals surface area contributed by atoms with E-state index in [-0.39, 0.29) is 17.1 Å². The Bertz CT molecular complexity index is 814. The van der Waals surface area contributed by atoms with E-state index >= 15 is 0 Å². The number of hydrogen-bond acceptors (Lipinski definition) is 5. The molecule has 2 aromatic heterocycles. The van der Waals surface area contributed by atoms with E-state index in [1.165, 1.54) is 0 Å².